The maximum atomic E-state index is 13.0. The lowest BCUT2D eigenvalue weighted by Gasteiger charge is -2.22. The summed E-state index contributed by atoms with van der Waals surface area (Å²) >= 11 is 0. The molecule has 0 spiro atoms. The molecule has 0 amide bonds. The molecule has 1 aliphatic carbocycles. The first-order valence-corrected chi connectivity index (χ1v) is 8.02. The zero-order chi connectivity index (χ0) is 19.0. The minimum atomic E-state index is -0.802. The minimum absolute atomic E-state index is 0.0304. The van der Waals surface area contributed by atoms with E-state index >= 15 is 0 Å². The number of esters is 1. The van der Waals surface area contributed by atoms with Gasteiger partial charge in [0.05, 0.1) is 5.56 Å². The molecule has 1 aliphatic rings. The highest BCUT2D eigenvalue weighted by molar-refractivity contribution is 6.29. The zero-order valence-corrected chi connectivity index (χ0v) is 14.5. The first kappa shape index (κ1) is 17.5. The van der Waals surface area contributed by atoms with Crippen LogP contribution in [0.4, 0.5) is 0 Å². The van der Waals surface area contributed by atoms with Gasteiger partial charge in [-0.3, -0.25) is 19.2 Å². The highest BCUT2D eigenvalue weighted by atomic mass is 16.6. The molecule has 3 rings (SSSR count). The molecular formula is C20H16O6. The summed E-state index contributed by atoms with van der Waals surface area (Å²) in [4.78, 5) is 48.8. The number of hydrogen-bond donors (Lipinski definition) is 0. The fourth-order valence-electron chi connectivity index (χ4n) is 2.75. The number of hydrogen-bond acceptors (Lipinski definition) is 6. The Morgan fingerprint density at radius 2 is 1.50 bits per heavy atom. The van der Waals surface area contributed by atoms with Crippen LogP contribution in [-0.4, -0.2) is 29.4 Å². The molecule has 0 saturated carbocycles. The van der Waals surface area contributed by atoms with Crippen molar-refractivity contribution in [1.82, 2.24) is 0 Å². The summed E-state index contributed by atoms with van der Waals surface area (Å²) in [5.41, 5.74) is 0.629. The van der Waals surface area contributed by atoms with Gasteiger partial charge < -0.3 is 9.47 Å². The Morgan fingerprint density at radius 1 is 0.885 bits per heavy atom. The Bertz CT molecular complexity index is 957. The Labute approximate surface area is 149 Å². The molecule has 6 nitrogen and oxygen atoms in total. The van der Waals surface area contributed by atoms with E-state index in [1.54, 1.807) is 31.2 Å². The predicted octanol–water partition coefficient (Wildman–Crippen LogP) is 2.74. The maximum absolute atomic E-state index is 13.0. The smallest absolute Gasteiger partial charge is 0.308 e. The molecule has 0 aromatic heterocycles. The highest BCUT2D eigenvalue weighted by Crippen LogP contribution is 2.40. The van der Waals surface area contributed by atoms with E-state index in [-0.39, 0.29) is 39.8 Å². The molecule has 0 aliphatic heterocycles. The highest BCUT2D eigenvalue weighted by Gasteiger charge is 2.34. The van der Waals surface area contributed by atoms with Crippen molar-refractivity contribution in [3.8, 4) is 11.5 Å². The van der Waals surface area contributed by atoms with E-state index in [1.165, 1.54) is 26.0 Å². The van der Waals surface area contributed by atoms with Crippen LogP contribution in [0.1, 0.15) is 52.6 Å². The molecule has 1 atom stereocenters. The van der Waals surface area contributed by atoms with Gasteiger partial charge in [-0.25, -0.2) is 0 Å². The summed E-state index contributed by atoms with van der Waals surface area (Å²) in [6.07, 6.45) is -0.802. The van der Waals surface area contributed by atoms with Crippen LogP contribution in [-0.2, 0) is 9.59 Å². The van der Waals surface area contributed by atoms with Crippen LogP contribution < -0.4 is 9.47 Å². The van der Waals surface area contributed by atoms with Gasteiger partial charge in [0.25, 0.3) is 0 Å². The molecule has 2 aromatic rings. The quantitative estimate of drug-likeness (QED) is 0.530. The van der Waals surface area contributed by atoms with Crippen molar-refractivity contribution in [1.29, 1.82) is 0 Å². The third-order valence-corrected chi connectivity index (χ3v) is 4.13. The molecule has 0 fully saturated rings. The number of benzene rings is 2. The van der Waals surface area contributed by atoms with E-state index in [2.05, 4.69) is 0 Å². The Balaban J connectivity index is 2.21. The van der Waals surface area contributed by atoms with Gasteiger partial charge >= 0.3 is 5.97 Å². The second kappa shape index (κ2) is 6.55. The van der Waals surface area contributed by atoms with Crippen molar-refractivity contribution in [2.45, 2.75) is 26.9 Å². The summed E-state index contributed by atoms with van der Waals surface area (Å²) in [5.74, 6) is -1.76. The summed E-state index contributed by atoms with van der Waals surface area (Å²) in [5, 5.41) is 0. The topological polar surface area (TPSA) is 86.7 Å². The lowest BCUT2D eigenvalue weighted by atomic mass is 9.83. The summed E-state index contributed by atoms with van der Waals surface area (Å²) in [6.45, 7) is 4.09. The van der Waals surface area contributed by atoms with Gasteiger partial charge in [-0.05, 0) is 26.0 Å². The van der Waals surface area contributed by atoms with Crippen molar-refractivity contribution in [3.05, 3.63) is 58.7 Å². The SMILES string of the molecule is CC(=O)Oc1c(OC(C)C(C)=O)ccc2c1C(=O)c1ccccc1C2=O. The average Bonchev–Trinajstić information content (AvgIpc) is 2.60. The van der Waals surface area contributed by atoms with E-state index in [0.717, 1.165) is 0 Å². The van der Waals surface area contributed by atoms with Crippen LogP contribution in [0.2, 0.25) is 0 Å². The van der Waals surface area contributed by atoms with Gasteiger partial charge in [-0.1, -0.05) is 24.3 Å². The Morgan fingerprint density at radius 3 is 2.08 bits per heavy atom. The van der Waals surface area contributed by atoms with Crippen LogP contribution in [0.15, 0.2) is 36.4 Å². The summed E-state index contributed by atoms with van der Waals surface area (Å²) in [6, 6.07) is 9.32. The number of carbonyl (C=O) groups excluding carboxylic acids is 4. The van der Waals surface area contributed by atoms with Gasteiger partial charge in [0.15, 0.2) is 35.0 Å². The van der Waals surface area contributed by atoms with Crippen LogP contribution >= 0.6 is 0 Å². The number of fused-ring (bicyclic) bond motifs is 2. The molecule has 132 valence electrons. The number of rotatable bonds is 4. The fourth-order valence-corrected chi connectivity index (χ4v) is 2.75. The van der Waals surface area contributed by atoms with E-state index in [4.69, 9.17) is 9.47 Å². The van der Waals surface area contributed by atoms with Crippen molar-refractivity contribution >= 4 is 23.3 Å². The van der Waals surface area contributed by atoms with E-state index in [1.807, 2.05) is 0 Å². The molecular weight excluding hydrogens is 336 g/mol. The van der Waals surface area contributed by atoms with Gasteiger partial charge in [0, 0.05) is 23.6 Å². The zero-order valence-electron chi connectivity index (χ0n) is 14.5. The third-order valence-electron chi connectivity index (χ3n) is 4.13. The fraction of sp³-hybridized carbons (Fsp3) is 0.200. The second-order valence-electron chi connectivity index (χ2n) is 5.98. The van der Waals surface area contributed by atoms with Crippen LogP contribution in [0, 0.1) is 0 Å². The largest absolute Gasteiger partial charge is 0.479 e. The number of carbonyl (C=O) groups is 4. The van der Waals surface area contributed by atoms with Crippen molar-refractivity contribution in [2.75, 3.05) is 0 Å². The number of ketones is 3. The Hall–Kier alpha value is -3.28. The van der Waals surface area contributed by atoms with Crippen molar-refractivity contribution in [2.24, 2.45) is 0 Å². The molecule has 0 radical (unpaired) electrons. The first-order valence-electron chi connectivity index (χ1n) is 8.02. The van der Waals surface area contributed by atoms with Gasteiger partial charge in [-0.2, -0.15) is 0 Å². The number of ether oxygens (including phenoxy) is 2. The predicted molar refractivity (Wildman–Crippen MR) is 91.8 cm³/mol. The van der Waals surface area contributed by atoms with E-state index in [9.17, 15) is 19.2 Å². The summed E-state index contributed by atoms with van der Waals surface area (Å²) in [7, 11) is 0. The average molecular weight is 352 g/mol. The van der Waals surface area contributed by atoms with Crippen LogP contribution in [0.25, 0.3) is 0 Å². The molecule has 26 heavy (non-hydrogen) atoms. The number of Topliss-reactive ketones (excluding diaryl/α,β-unsaturated/α-hetero) is 1. The second-order valence-corrected chi connectivity index (χ2v) is 5.98. The summed E-state index contributed by atoms with van der Waals surface area (Å²) < 4.78 is 10.8. The lowest BCUT2D eigenvalue weighted by Crippen LogP contribution is -2.25. The Kier molecular flexibility index (Phi) is 4.42. The standard InChI is InChI=1S/C20H16O6/c1-10(21)11(2)25-16-9-8-15-17(20(16)26-12(3)22)19(24)14-7-5-4-6-13(14)18(15)23/h4-9,11H,1-3H3. The molecule has 1 unspecified atom stereocenters. The molecule has 2 aromatic carbocycles. The normalized spacial score (nSPS) is 13.5. The van der Waals surface area contributed by atoms with E-state index in [0.29, 0.717) is 5.56 Å². The third kappa shape index (κ3) is 2.90. The lowest BCUT2D eigenvalue weighted by molar-refractivity contribution is -0.132. The minimum Gasteiger partial charge on any atom is -0.479 e. The molecule has 0 heterocycles. The monoisotopic (exact) mass is 352 g/mol. The molecule has 6 heteroatoms. The van der Waals surface area contributed by atoms with Gasteiger partial charge in [0.2, 0.25) is 0 Å². The van der Waals surface area contributed by atoms with Gasteiger partial charge in [0.1, 0.15) is 0 Å². The first-order chi connectivity index (χ1) is 12.3. The van der Waals surface area contributed by atoms with Crippen LogP contribution in [0.5, 0.6) is 11.5 Å². The molecule has 0 N–H and O–H groups in total. The van der Waals surface area contributed by atoms with Crippen molar-refractivity contribution < 1.29 is 28.7 Å². The molecule has 0 bridgehead atoms. The van der Waals surface area contributed by atoms with E-state index < -0.39 is 17.9 Å². The van der Waals surface area contributed by atoms with Crippen LogP contribution in [0.3, 0.4) is 0 Å². The molecule has 0 saturated heterocycles. The van der Waals surface area contributed by atoms with Crippen molar-refractivity contribution in [3.63, 3.8) is 0 Å². The maximum Gasteiger partial charge on any atom is 0.308 e. The van der Waals surface area contributed by atoms with Gasteiger partial charge in [-0.15, -0.1) is 0 Å².